The topological polar surface area (TPSA) is 158 Å². The van der Waals surface area contributed by atoms with Crippen LogP contribution in [0.15, 0.2) is 0 Å². The van der Waals surface area contributed by atoms with Crippen LogP contribution in [0.2, 0.25) is 0 Å². The van der Waals surface area contributed by atoms with Gasteiger partial charge in [0.1, 0.15) is 0 Å². The fourth-order valence-corrected chi connectivity index (χ4v) is 0. The monoisotopic (exact) mass is 411 g/mol. The predicted octanol–water partition coefficient (Wildman–Crippen LogP) is -3.64. The third-order valence-electron chi connectivity index (χ3n) is 0. The molecule has 0 aromatic heterocycles. The van der Waals surface area contributed by atoms with Crippen LogP contribution >= 0.6 is 0 Å². The Morgan fingerprint density at radius 1 is 0.706 bits per heavy atom. The second-order valence-corrected chi connectivity index (χ2v) is 1.99. The number of carboxylic acids is 4. The molecule has 0 amide bonds. The van der Waals surface area contributed by atoms with Gasteiger partial charge in [0.25, 0.3) is 5.97 Å². The van der Waals surface area contributed by atoms with Crippen molar-refractivity contribution in [2.75, 3.05) is 0 Å². The second kappa shape index (κ2) is 24.6. The van der Waals surface area contributed by atoms with Crippen LogP contribution in [0.3, 0.4) is 0 Å². The van der Waals surface area contributed by atoms with Gasteiger partial charge in [0, 0.05) is 24.8 Å². The van der Waals surface area contributed by atoms with E-state index in [1.54, 1.807) is 0 Å². The number of hydrogen-bond acceptors (Lipinski definition) is 7. The van der Waals surface area contributed by atoms with E-state index in [4.69, 9.17) is 39.6 Å². The molecule has 0 aliphatic carbocycles. The molecular weight excluding hydrogens is 397 g/mol. The number of carbonyl (C=O) groups excluding carboxylic acids is 3. The van der Waals surface area contributed by atoms with Gasteiger partial charge in [-0.1, -0.05) is 0 Å². The molecule has 0 spiro atoms. The van der Waals surface area contributed by atoms with Gasteiger partial charge < -0.3 is 34.8 Å². The molecule has 0 bridgehead atoms. The minimum Gasteiger partial charge on any atom is -0.550 e. The molecule has 1 radical (unpaired) electrons. The van der Waals surface area contributed by atoms with Crippen molar-refractivity contribution in [1.82, 2.24) is 0 Å². The smallest absolute Gasteiger partial charge is 0.550 e. The predicted molar refractivity (Wildman–Crippen MR) is 45.4 cm³/mol. The average Bonchev–Trinajstić information content (AvgIpc) is 1.76. The number of carbonyl (C=O) groups is 4. The number of hydrogen-bond donors (Lipinski definition) is 1. The number of rotatable bonds is 0. The molecule has 0 unspecified atom stereocenters. The normalized spacial score (nSPS) is 5.88. The van der Waals surface area contributed by atoms with E-state index in [0.717, 1.165) is 27.7 Å². The summed E-state index contributed by atoms with van der Waals surface area (Å²) in [7, 11) is 0. The van der Waals surface area contributed by atoms with Crippen LogP contribution in [0.4, 0.5) is 0 Å². The fourth-order valence-electron chi connectivity index (χ4n) is 0. The SMILES string of the molecule is CC(=O)O.CC(=O)[O-].CC(=O)[O-].CC(=O)[O-].[Yb+3]. The Labute approximate surface area is 137 Å². The minimum atomic E-state index is -1.08. The van der Waals surface area contributed by atoms with Gasteiger partial charge in [-0.25, -0.2) is 0 Å². The first-order valence-corrected chi connectivity index (χ1v) is 3.65. The van der Waals surface area contributed by atoms with Crippen molar-refractivity contribution in [1.29, 1.82) is 0 Å². The summed E-state index contributed by atoms with van der Waals surface area (Å²) in [5.41, 5.74) is 0. The summed E-state index contributed by atoms with van der Waals surface area (Å²) in [6, 6.07) is 0. The molecule has 107 valence electrons. The fraction of sp³-hybridized carbons (Fsp3) is 0.500. The van der Waals surface area contributed by atoms with Gasteiger partial charge in [-0.2, -0.15) is 0 Å². The maximum Gasteiger partial charge on any atom is 3.00 e. The molecule has 17 heavy (non-hydrogen) atoms. The molecule has 0 aliphatic rings. The van der Waals surface area contributed by atoms with Crippen LogP contribution < -0.4 is 15.3 Å². The van der Waals surface area contributed by atoms with Crippen molar-refractivity contribution in [2.45, 2.75) is 27.7 Å². The first-order chi connectivity index (χ1) is 6.93. The summed E-state index contributed by atoms with van der Waals surface area (Å²) in [6.07, 6.45) is 0. The molecule has 8 nitrogen and oxygen atoms in total. The molecule has 9 heteroatoms. The third kappa shape index (κ3) is 7670. The van der Waals surface area contributed by atoms with Crippen molar-refractivity contribution >= 4 is 23.9 Å². The molecule has 0 rings (SSSR count). The summed E-state index contributed by atoms with van der Waals surface area (Å²) >= 11 is 0. The summed E-state index contributed by atoms with van der Waals surface area (Å²) in [5.74, 6) is -4.08. The Morgan fingerprint density at radius 2 is 0.706 bits per heavy atom. The van der Waals surface area contributed by atoms with E-state index < -0.39 is 23.9 Å². The van der Waals surface area contributed by atoms with Crippen LogP contribution in [0.5, 0.6) is 0 Å². The van der Waals surface area contributed by atoms with Gasteiger partial charge in [-0.3, -0.25) is 4.79 Å². The van der Waals surface area contributed by atoms with Crippen LogP contribution in [0.25, 0.3) is 0 Å². The first kappa shape index (κ1) is 29.9. The average molecular weight is 410 g/mol. The van der Waals surface area contributed by atoms with Gasteiger partial charge >= 0.3 is 46.9 Å². The molecule has 0 fully saturated rings. The Kier molecular flexibility index (Phi) is 43.3. The van der Waals surface area contributed by atoms with Crippen LogP contribution in [-0.2, 0) is 19.2 Å². The van der Waals surface area contributed by atoms with E-state index in [-0.39, 0.29) is 46.9 Å². The standard InChI is InChI=1S/4C2H4O2.Yb/c4*1-2(3)4;/h4*1H3,(H,3,4);/q;;;;+3/p-3. The maximum atomic E-state index is 9.00. The molecule has 0 aliphatic heterocycles. The molecular formula is C8H13O8Yb. The number of aliphatic carboxylic acids is 4. The summed E-state index contributed by atoms with van der Waals surface area (Å²) in [5, 5.41) is 34.1. The van der Waals surface area contributed by atoms with E-state index in [0.29, 0.717) is 0 Å². The zero-order valence-electron chi connectivity index (χ0n) is 9.57. The minimum absolute atomic E-state index is 0. The zero-order chi connectivity index (χ0) is 14.3. The summed E-state index contributed by atoms with van der Waals surface area (Å²) in [6.45, 7) is 4.00. The van der Waals surface area contributed by atoms with E-state index in [9.17, 15) is 0 Å². The summed E-state index contributed by atoms with van der Waals surface area (Å²) < 4.78 is 0. The van der Waals surface area contributed by atoms with Crippen molar-refractivity contribution in [3.63, 3.8) is 0 Å². The Morgan fingerprint density at radius 3 is 0.706 bits per heavy atom. The molecule has 0 atom stereocenters. The Hall–Kier alpha value is -0.601. The maximum absolute atomic E-state index is 9.00. The van der Waals surface area contributed by atoms with Crippen molar-refractivity contribution in [2.24, 2.45) is 0 Å². The van der Waals surface area contributed by atoms with Gasteiger partial charge in [-0.15, -0.1) is 0 Å². The molecule has 0 saturated carbocycles. The van der Waals surface area contributed by atoms with E-state index in [1.165, 1.54) is 0 Å². The largest absolute Gasteiger partial charge is 3.00 e. The van der Waals surface area contributed by atoms with Gasteiger partial charge in [0.2, 0.25) is 0 Å². The molecule has 0 heterocycles. The number of carboxylic acid groups (broad SMARTS) is 4. The van der Waals surface area contributed by atoms with Gasteiger partial charge in [0.05, 0.1) is 0 Å². The Bertz CT molecular complexity index is 162. The van der Waals surface area contributed by atoms with E-state index >= 15 is 0 Å². The van der Waals surface area contributed by atoms with Gasteiger partial charge in [0.15, 0.2) is 0 Å². The first-order valence-electron chi connectivity index (χ1n) is 3.65. The molecule has 0 aromatic rings. The third-order valence-corrected chi connectivity index (χ3v) is 0. The molecule has 1 N–H and O–H groups in total. The van der Waals surface area contributed by atoms with Crippen molar-refractivity contribution in [3.05, 3.63) is 0 Å². The molecule has 0 saturated heterocycles. The molecule has 0 aromatic carbocycles. The van der Waals surface area contributed by atoms with Crippen molar-refractivity contribution in [3.8, 4) is 0 Å². The van der Waals surface area contributed by atoms with Gasteiger partial charge in [-0.05, 0) is 20.8 Å². The quantitative estimate of drug-likeness (QED) is 0.428. The van der Waals surface area contributed by atoms with E-state index in [2.05, 4.69) is 0 Å². The second-order valence-electron chi connectivity index (χ2n) is 1.99. The zero-order valence-corrected chi connectivity index (χ0v) is 11.3. The van der Waals surface area contributed by atoms with Crippen molar-refractivity contribution < 1.29 is 86.5 Å². The van der Waals surface area contributed by atoms with Crippen LogP contribution in [-0.4, -0.2) is 29.0 Å². The Balaban J connectivity index is -0.0000000369. The van der Waals surface area contributed by atoms with Crippen LogP contribution in [0, 0.1) is 46.9 Å². The van der Waals surface area contributed by atoms with E-state index in [1.807, 2.05) is 0 Å². The van der Waals surface area contributed by atoms with Crippen LogP contribution in [0.1, 0.15) is 27.7 Å². The summed E-state index contributed by atoms with van der Waals surface area (Å²) in [4.78, 5) is 35.7.